The third-order valence-corrected chi connectivity index (χ3v) is 3.86. The van der Waals surface area contributed by atoms with Crippen LogP contribution >= 0.6 is 0 Å². The normalized spacial score (nSPS) is 25.1. The van der Waals surface area contributed by atoms with Gasteiger partial charge in [0, 0.05) is 19.6 Å². The molecule has 0 spiro atoms. The molecule has 1 saturated heterocycles. The van der Waals surface area contributed by atoms with E-state index in [2.05, 4.69) is 5.32 Å². The highest BCUT2D eigenvalue weighted by atomic mass is 19.4. The Morgan fingerprint density at radius 2 is 1.90 bits per heavy atom. The minimum Gasteiger partial charge on any atom is -0.481 e. The van der Waals surface area contributed by atoms with Gasteiger partial charge in [-0.15, -0.1) is 0 Å². The summed E-state index contributed by atoms with van der Waals surface area (Å²) in [5.74, 6) is -2.03. The average Bonchev–Trinajstić information content (AvgIpc) is 2.80. The van der Waals surface area contributed by atoms with Crippen LogP contribution in [0, 0.1) is 11.3 Å². The Morgan fingerprint density at radius 3 is 2.29 bits per heavy atom. The summed E-state index contributed by atoms with van der Waals surface area (Å²) in [6.45, 7) is 4.97. The van der Waals surface area contributed by atoms with Crippen molar-refractivity contribution in [3.63, 3.8) is 0 Å². The summed E-state index contributed by atoms with van der Waals surface area (Å²) in [5.41, 5.74) is -2.78. The first-order valence-electron chi connectivity index (χ1n) is 6.83. The molecule has 1 rings (SSSR count). The Bertz CT molecular complexity index is 412. The van der Waals surface area contributed by atoms with E-state index in [0.29, 0.717) is 6.54 Å². The second-order valence-corrected chi connectivity index (χ2v) is 5.92. The highest BCUT2D eigenvalue weighted by Gasteiger charge is 2.64. The van der Waals surface area contributed by atoms with E-state index < -0.39 is 36.6 Å². The van der Waals surface area contributed by atoms with E-state index >= 15 is 0 Å². The number of nitrogens with one attached hydrogen (secondary N) is 1. The minimum absolute atomic E-state index is 0.0674. The summed E-state index contributed by atoms with van der Waals surface area (Å²) in [6.07, 6.45) is -5.37. The summed E-state index contributed by atoms with van der Waals surface area (Å²) in [5, 5.41) is 11.6. The van der Waals surface area contributed by atoms with Crippen molar-refractivity contribution in [2.45, 2.75) is 39.4 Å². The maximum Gasteiger partial charge on any atom is 0.406 e. The van der Waals surface area contributed by atoms with Crippen molar-refractivity contribution in [3.8, 4) is 0 Å². The van der Waals surface area contributed by atoms with Crippen LogP contribution < -0.4 is 5.32 Å². The third-order valence-electron chi connectivity index (χ3n) is 3.86. The number of aliphatic carboxylic acids is 1. The predicted molar refractivity (Wildman–Crippen MR) is 69.6 cm³/mol. The number of rotatable bonds is 5. The zero-order chi connectivity index (χ0) is 16.4. The van der Waals surface area contributed by atoms with Crippen LogP contribution in [0.3, 0.4) is 0 Å². The molecule has 0 radical (unpaired) electrons. The summed E-state index contributed by atoms with van der Waals surface area (Å²) >= 11 is 0. The Kier molecular flexibility index (Phi) is 5.25. The van der Waals surface area contributed by atoms with E-state index in [1.165, 1.54) is 11.8 Å². The molecule has 21 heavy (non-hydrogen) atoms. The van der Waals surface area contributed by atoms with E-state index in [4.69, 9.17) is 5.11 Å². The van der Waals surface area contributed by atoms with Crippen LogP contribution in [-0.2, 0) is 9.59 Å². The van der Waals surface area contributed by atoms with Gasteiger partial charge in [0.15, 0.2) is 5.41 Å². The maximum absolute atomic E-state index is 13.1. The molecule has 1 fully saturated rings. The number of likely N-dealkylation sites (tertiary alicyclic amines) is 1. The average molecular weight is 310 g/mol. The van der Waals surface area contributed by atoms with Gasteiger partial charge in [0.2, 0.25) is 5.91 Å². The number of carbonyl (C=O) groups is 2. The van der Waals surface area contributed by atoms with Gasteiger partial charge in [0.25, 0.3) is 0 Å². The van der Waals surface area contributed by atoms with Gasteiger partial charge in [-0.1, -0.05) is 13.8 Å². The molecule has 1 heterocycles. The van der Waals surface area contributed by atoms with E-state index in [1.807, 2.05) is 13.8 Å². The summed E-state index contributed by atoms with van der Waals surface area (Å²) in [6, 6.07) is -0.785. The quantitative estimate of drug-likeness (QED) is 0.807. The molecule has 0 aromatic carbocycles. The molecule has 0 aromatic heterocycles. The number of hydrogen-bond acceptors (Lipinski definition) is 3. The largest absolute Gasteiger partial charge is 0.481 e. The molecular formula is C13H21F3N2O3. The Morgan fingerprint density at radius 1 is 1.33 bits per heavy atom. The van der Waals surface area contributed by atoms with Crippen LogP contribution in [0.1, 0.15) is 27.2 Å². The monoisotopic (exact) mass is 310 g/mol. The number of halogens is 3. The van der Waals surface area contributed by atoms with Crippen molar-refractivity contribution in [1.82, 2.24) is 10.2 Å². The number of amides is 1. The molecule has 8 heteroatoms. The molecule has 0 aliphatic carbocycles. The van der Waals surface area contributed by atoms with Crippen LogP contribution in [0.5, 0.6) is 0 Å². The molecule has 2 unspecified atom stereocenters. The van der Waals surface area contributed by atoms with Crippen molar-refractivity contribution in [1.29, 1.82) is 0 Å². The molecule has 2 N–H and O–H groups in total. The van der Waals surface area contributed by atoms with Crippen LogP contribution in [0.25, 0.3) is 0 Å². The molecular weight excluding hydrogens is 289 g/mol. The van der Waals surface area contributed by atoms with Crippen LogP contribution in [0.4, 0.5) is 13.2 Å². The third kappa shape index (κ3) is 3.66. The highest BCUT2D eigenvalue weighted by Crippen LogP contribution is 2.46. The van der Waals surface area contributed by atoms with Crippen LogP contribution in [0.15, 0.2) is 0 Å². The smallest absolute Gasteiger partial charge is 0.406 e. The first kappa shape index (κ1) is 17.7. The molecule has 1 aliphatic rings. The second kappa shape index (κ2) is 6.21. The molecule has 2 atom stereocenters. The van der Waals surface area contributed by atoms with Gasteiger partial charge in [-0.3, -0.25) is 14.5 Å². The molecule has 0 aromatic rings. The number of carbonyl (C=O) groups excluding carboxylic acids is 1. The summed E-state index contributed by atoms with van der Waals surface area (Å²) in [7, 11) is 0. The molecule has 5 nitrogen and oxygen atoms in total. The maximum atomic E-state index is 13.1. The SMILES string of the molecule is CC(C)CNC(=O)C(C)N1CCC(C(=O)O)(C(F)(F)F)C1. The van der Waals surface area contributed by atoms with Gasteiger partial charge in [-0.2, -0.15) is 13.2 Å². The fraction of sp³-hybridized carbons (Fsp3) is 0.846. The van der Waals surface area contributed by atoms with Gasteiger partial charge in [-0.05, 0) is 19.3 Å². The van der Waals surface area contributed by atoms with E-state index in [-0.39, 0.29) is 18.4 Å². The Hall–Kier alpha value is -1.31. The first-order chi connectivity index (χ1) is 9.51. The van der Waals surface area contributed by atoms with Crippen molar-refractivity contribution >= 4 is 11.9 Å². The lowest BCUT2D eigenvalue weighted by molar-refractivity contribution is -0.227. The number of hydrogen-bond donors (Lipinski definition) is 2. The minimum atomic E-state index is -4.83. The van der Waals surface area contributed by atoms with Crippen molar-refractivity contribution < 1.29 is 27.9 Å². The molecule has 1 aliphatic heterocycles. The van der Waals surface area contributed by atoms with E-state index in [1.54, 1.807) is 0 Å². The zero-order valence-corrected chi connectivity index (χ0v) is 12.3. The zero-order valence-electron chi connectivity index (χ0n) is 12.3. The molecule has 1 amide bonds. The highest BCUT2D eigenvalue weighted by molar-refractivity contribution is 5.82. The van der Waals surface area contributed by atoms with E-state index in [0.717, 1.165) is 0 Å². The molecule has 122 valence electrons. The lowest BCUT2D eigenvalue weighted by atomic mass is 9.86. The van der Waals surface area contributed by atoms with Crippen molar-refractivity contribution in [2.75, 3.05) is 19.6 Å². The Balaban J connectivity index is 2.76. The lowest BCUT2D eigenvalue weighted by Gasteiger charge is -2.29. The van der Waals surface area contributed by atoms with Crippen molar-refractivity contribution in [2.24, 2.45) is 11.3 Å². The second-order valence-electron chi connectivity index (χ2n) is 5.92. The van der Waals surface area contributed by atoms with Gasteiger partial charge in [0.05, 0.1) is 6.04 Å². The molecule has 0 saturated carbocycles. The van der Waals surface area contributed by atoms with Gasteiger partial charge in [0.1, 0.15) is 0 Å². The number of carboxylic acids is 1. The summed E-state index contributed by atoms with van der Waals surface area (Å²) < 4.78 is 39.2. The molecule has 0 bridgehead atoms. The van der Waals surface area contributed by atoms with Crippen molar-refractivity contribution in [3.05, 3.63) is 0 Å². The lowest BCUT2D eigenvalue weighted by Crippen LogP contribution is -2.50. The Labute approximate surface area is 121 Å². The summed E-state index contributed by atoms with van der Waals surface area (Å²) in [4.78, 5) is 24.2. The fourth-order valence-corrected chi connectivity index (χ4v) is 2.32. The standard InChI is InChI=1S/C13H21F3N2O3/c1-8(2)6-17-10(19)9(3)18-5-4-12(7-18,11(20)21)13(14,15)16/h8-9H,4-7H2,1-3H3,(H,17,19)(H,20,21). The van der Waals surface area contributed by atoms with Gasteiger partial charge < -0.3 is 10.4 Å². The number of nitrogens with zero attached hydrogens (tertiary/aromatic N) is 1. The van der Waals surface area contributed by atoms with Gasteiger partial charge in [-0.25, -0.2) is 0 Å². The first-order valence-corrected chi connectivity index (χ1v) is 6.83. The van der Waals surface area contributed by atoms with Gasteiger partial charge >= 0.3 is 12.1 Å². The number of alkyl halides is 3. The fourth-order valence-electron chi connectivity index (χ4n) is 2.32. The predicted octanol–water partition coefficient (Wildman–Crippen LogP) is 1.49. The van der Waals surface area contributed by atoms with E-state index in [9.17, 15) is 22.8 Å². The number of carboxylic acid groups (broad SMARTS) is 1. The van der Waals surface area contributed by atoms with Crippen LogP contribution in [0.2, 0.25) is 0 Å². The topological polar surface area (TPSA) is 69.6 Å². The van der Waals surface area contributed by atoms with Crippen LogP contribution in [-0.4, -0.2) is 53.7 Å².